The quantitative estimate of drug-likeness (QED) is 0.810. The Hall–Kier alpha value is -0.120. The van der Waals surface area contributed by atoms with Crippen LogP contribution in [0.3, 0.4) is 0 Å². The lowest BCUT2D eigenvalue weighted by atomic mass is 10.1. The Morgan fingerprint density at radius 2 is 2.00 bits per heavy atom. The molecule has 2 unspecified atom stereocenters. The third-order valence-corrected chi connectivity index (χ3v) is 3.95. The predicted molar refractivity (Wildman–Crippen MR) is 75.5 cm³/mol. The van der Waals surface area contributed by atoms with Gasteiger partial charge in [-0.2, -0.15) is 0 Å². The van der Waals surface area contributed by atoms with E-state index in [0.717, 1.165) is 12.0 Å². The lowest BCUT2D eigenvalue weighted by molar-refractivity contribution is 0.148. The first-order valence-electron chi connectivity index (χ1n) is 7.46. The Labute approximate surface area is 108 Å². The summed E-state index contributed by atoms with van der Waals surface area (Å²) in [5, 5.41) is 3.46. The van der Waals surface area contributed by atoms with Crippen molar-refractivity contribution in [3.8, 4) is 0 Å². The number of nitrogens with one attached hydrogen (secondary N) is 1. The summed E-state index contributed by atoms with van der Waals surface area (Å²) in [4.78, 5) is 5.25. The van der Waals surface area contributed by atoms with Crippen LogP contribution in [-0.4, -0.2) is 61.7 Å². The van der Waals surface area contributed by atoms with Crippen molar-refractivity contribution in [2.45, 2.75) is 40.2 Å². The number of nitrogens with zero attached hydrogens (tertiary/aromatic N) is 2. The number of rotatable bonds is 3. The molecule has 0 aliphatic carbocycles. The summed E-state index contributed by atoms with van der Waals surface area (Å²) in [5.41, 5.74) is 0. The third-order valence-electron chi connectivity index (χ3n) is 3.95. The molecule has 2 saturated heterocycles. The van der Waals surface area contributed by atoms with E-state index in [-0.39, 0.29) is 0 Å². The molecule has 3 nitrogen and oxygen atoms in total. The van der Waals surface area contributed by atoms with E-state index >= 15 is 0 Å². The zero-order valence-electron chi connectivity index (χ0n) is 12.2. The van der Waals surface area contributed by atoms with Crippen LogP contribution in [-0.2, 0) is 0 Å². The van der Waals surface area contributed by atoms with Gasteiger partial charge in [0.25, 0.3) is 0 Å². The van der Waals surface area contributed by atoms with Crippen LogP contribution in [0.1, 0.15) is 34.1 Å². The van der Waals surface area contributed by atoms with Crippen molar-refractivity contribution in [2.24, 2.45) is 5.92 Å². The van der Waals surface area contributed by atoms with Gasteiger partial charge in [-0.3, -0.25) is 4.90 Å². The Morgan fingerprint density at radius 3 is 2.59 bits per heavy atom. The van der Waals surface area contributed by atoms with E-state index in [2.05, 4.69) is 29.0 Å². The molecule has 3 heteroatoms. The van der Waals surface area contributed by atoms with E-state index in [1.807, 2.05) is 13.8 Å². The van der Waals surface area contributed by atoms with E-state index in [0.29, 0.717) is 0 Å². The van der Waals surface area contributed by atoms with Crippen molar-refractivity contribution < 1.29 is 0 Å². The Balaban J connectivity index is 0.000000686. The van der Waals surface area contributed by atoms with Crippen molar-refractivity contribution in [3.63, 3.8) is 0 Å². The van der Waals surface area contributed by atoms with E-state index < -0.39 is 0 Å². The summed E-state index contributed by atoms with van der Waals surface area (Å²) in [6.45, 7) is 17.4. The second-order valence-electron chi connectivity index (χ2n) is 5.10. The lowest BCUT2D eigenvalue weighted by Crippen LogP contribution is -2.51. The summed E-state index contributed by atoms with van der Waals surface area (Å²) in [6, 6.07) is 0.731. The standard InChI is InChI=1S/C12H25N3.C2H6/c1-3-14-6-4-12(9-14)10-15-7-5-13-8-11(15)2;1-2/h11-13H,3-10H2,1-2H3;1-2H3. The van der Waals surface area contributed by atoms with E-state index in [1.165, 1.54) is 52.2 Å². The first-order valence-corrected chi connectivity index (χ1v) is 7.46. The average molecular weight is 241 g/mol. The molecule has 102 valence electrons. The maximum atomic E-state index is 3.46. The van der Waals surface area contributed by atoms with Crippen LogP contribution in [0.25, 0.3) is 0 Å². The highest BCUT2D eigenvalue weighted by molar-refractivity contribution is 4.82. The van der Waals surface area contributed by atoms with Crippen molar-refractivity contribution in [1.82, 2.24) is 15.1 Å². The van der Waals surface area contributed by atoms with Crippen LogP contribution in [0, 0.1) is 5.92 Å². The van der Waals surface area contributed by atoms with Crippen molar-refractivity contribution >= 4 is 0 Å². The zero-order valence-corrected chi connectivity index (χ0v) is 12.2. The molecule has 2 aliphatic rings. The van der Waals surface area contributed by atoms with Gasteiger partial charge in [0.05, 0.1) is 0 Å². The van der Waals surface area contributed by atoms with Crippen molar-refractivity contribution in [2.75, 3.05) is 45.8 Å². The first kappa shape index (κ1) is 14.9. The smallest absolute Gasteiger partial charge is 0.0193 e. The molecule has 0 spiro atoms. The van der Waals surface area contributed by atoms with Crippen molar-refractivity contribution in [1.29, 1.82) is 0 Å². The van der Waals surface area contributed by atoms with Gasteiger partial charge in [0.15, 0.2) is 0 Å². The van der Waals surface area contributed by atoms with Crippen LogP contribution in [0.4, 0.5) is 0 Å². The highest BCUT2D eigenvalue weighted by Crippen LogP contribution is 2.18. The molecule has 0 saturated carbocycles. The van der Waals surface area contributed by atoms with Gasteiger partial charge < -0.3 is 10.2 Å². The van der Waals surface area contributed by atoms with Gasteiger partial charge in [-0.1, -0.05) is 20.8 Å². The topological polar surface area (TPSA) is 18.5 Å². The van der Waals surface area contributed by atoms with E-state index in [9.17, 15) is 0 Å². The molecule has 0 aromatic heterocycles. The molecule has 0 radical (unpaired) electrons. The van der Waals surface area contributed by atoms with Gasteiger partial charge in [0.1, 0.15) is 0 Å². The molecule has 0 amide bonds. The average Bonchev–Trinajstić information content (AvgIpc) is 2.82. The zero-order chi connectivity index (χ0) is 12.7. The fraction of sp³-hybridized carbons (Fsp3) is 1.00. The van der Waals surface area contributed by atoms with Gasteiger partial charge in [0.2, 0.25) is 0 Å². The largest absolute Gasteiger partial charge is 0.314 e. The first-order chi connectivity index (χ1) is 8.29. The fourth-order valence-corrected chi connectivity index (χ4v) is 2.84. The number of piperazine rings is 1. The molecule has 2 aliphatic heterocycles. The number of hydrogen-bond donors (Lipinski definition) is 1. The SMILES string of the molecule is CC.CCN1CCC(CN2CCNCC2C)C1. The maximum absolute atomic E-state index is 3.46. The van der Waals surface area contributed by atoms with Crippen molar-refractivity contribution in [3.05, 3.63) is 0 Å². The van der Waals surface area contributed by atoms with E-state index in [1.54, 1.807) is 0 Å². The summed E-state index contributed by atoms with van der Waals surface area (Å²) < 4.78 is 0. The molecule has 2 fully saturated rings. The molecular weight excluding hydrogens is 210 g/mol. The second-order valence-corrected chi connectivity index (χ2v) is 5.10. The third kappa shape index (κ3) is 4.57. The van der Waals surface area contributed by atoms with Gasteiger partial charge in [-0.25, -0.2) is 0 Å². The highest BCUT2D eigenvalue weighted by Gasteiger charge is 2.26. The summed E-state index contributed by atoms with van der Waals surface area (Å²) in [6.07, 6.45) is 1.41. The summed E-state index contributed by atoms with van der Waals surface area (Å²) in [5.74, 6) is 0.922. The maximum Gasteiger partial charge on any atom is 0.0193 e. The Kier molecular flexibility index (Phi) is 7.09. The predicted octanol–water partition coefficient (Wildman–Crippen LogP) is 1.65. The van der Waals surface area contributed by atoms with Crippen LogP contribution < -0.4 is 5.32 Å². The number of likely N-dealkylation sites (tertiary alicyclic amines) is 1. The van der Waals surface area contributed by atoms with Gasteiger partial charge in [0, 0.05) is 38.8 Å². The highest BCUT2D eigenvalue weighted by atomic mass is 15.2. The van der Waals surface area contributed by atoms with Gasteiger partial charge in [-0.15, -0.1) is 0 Å². The van der Waals surface area contributed by atoms with Crippen LogP contribution in [0.15, 0.2) is 0 Å². The monoisotopic (exact) mass is 241 g/mol. The Morgan fingerprint density at radius 1 is 1.24 bits per heavy atom. The van der Waals surface area contributed by atoms with E-state index in [4.69, 9.17) is 0 Å². The normalized spacial score (nSPS) is 31.1. The Bertz CT molecular complexity index is 196. The molecule has 0 aromatic carbocycles. The molecule has 0 bridgehead atoms. The molecule has 2 rings (SSSR count). The molecule has 1 N–H and O–H groups in total. The van der Waals surface area contributed by atoms with Gasteiger partial charge >= 0.3 is 0 Å². The van der Waals surface area contributed by atoms with Crippen LogP contribution >= 0.6 is 0 Å². The summed E-state index contributed by atoms with van der Waals surface area (Å²) in [7, 11) is 0. The number of hydrogen-bond acceptors (Lipinski definition) is 3. The molecule has 0 aromatic rings. The minimum absolute atomic E-state index is 0.731. The van der Waals surface area contributed by atoms with Gasteiger partial charge in [-0.05, 0) is 32.4 Å². The van der Waals surface area contributed by atoms with Crippen LogP contribution in [0.5, 0.6) is 0 Å². The second kappa shape index (κ2) is 8.06. The molecule has 2 atom stereocenters. The van der Waals surface area contributed by atoms with Crippen LogP contribution in [0.2, 0.25) is 0 Å². The summed E-state index contributed by atoms with van der Waals surface area (Å²) >= 11 is 0. The molecular formula is C14H31N3. The molecule has 2 heterocycles. The fourth-order valence-electron chi connectivity index (χ4n) is 2.84. The minimum atomic E-state index is 0.731. The molecule has 17 heavy (non-hydrogen) atoms. The lowest BCUT2D eigenvalue weighted by Gasteiger charge is -2.35. The minimum Gasteiger partial charge on any atom is -0.314 e.